The van der Waals surface area contributed by atoms with E-state index in [2.05, 4.69) is 11.8 Å². The normalized spacial score (nSPS) is 15.8. The fraction of sp³-hybridized carbons (Fsp3) is 0.357. The third-order valence-corrected chi connectivity index (χ3v) is 3.22. The summed E-state index contributed by atoms with van der Waals surface area (Å²) in [4.78, 5) is 11.2. The zero-order valence-corrected chi connectivity index (χ0v) is 10.1. The van der Waals surface area contributed by atoms with Gasteiger partial charge in [-0.25, -0.2) is 0 Å². The van der Waals surface area contributed by atoms with Crippen LogP contribution in [0.3, 0.4) is 0 Å². The van der Waals surface area contributed by atoms with Crippen molar-refractivity contribution in [3.05, 3.63) is 35.4 Å². The molecule has 0 spiro atoms. The van der Waals surface area contributed by atoms with E-state index in [4.69, 9.17) is 11.6 Å². The van der Waals surface area contributed by atoms with Gasteiger partial charge in [-0.2, -0.15) is 0 Å². The van der Waals surface area contributed by atoms with E-state index in [9.17, 15) is 9.90 Å². The van der Waals surface area contributed by atoms with E-state index in [1.807, 2.05) is 24.3 Å². The minimum absolute atomic E-state index is 0.520. The highest BCUT2D eigenvalue weighted by molar-refractivity contribution is 6.18. The number of carboxylic acids is 1. The third-order valence-electron chi connectivity index (χ3n) is 3.03. The van der Waals surface area contributed by atoms with Gasteiger partial charge in [-0.05, 0) is 30.5 Å². The summed E-state index contributed by atoms with van der Waals surface area (Å²) in [5.74, 6) is 5.73. The van der Waals surface area contributed by atoms with Gasteiger partial charge in [0.15, 0.2) is 0 Å². The quantitative estimate of drug-likeness (QED) is 0.660. The summed E-state index contributed by atoms with van der Waals surface area (Å²) in [5, 5.41) is 9.21. The second-order valence-corrected chi connectivity index (χ2v) is 4.59. The van der Waals surface area contributed by atoms with Gasteiger partial charge >= 0.3 is 5.97 Å². The number of carboxylic acid groups (broad SMARTS) is 1. The first-order chi connectivity index (χ1) is 8.19. The molecule has 1 N–H and O–H groups in total. The Hall–Kier alpha value is -1.46. The Morgan fingerprint density at radius 2 is 2.24 bits per heavy atom. The van der Waals surface area contributed by atoms with Crippen molar-refractivity contribution in [2.45, 2.75) is 24.7 Å². The lowest BCUT2D eigenvalue weighted by Gasteiger charge is -2.09. The zero-order valence-electron chi connectivity index (χ0n) is 9.37. The molecule has 0 amide bonds. The molecule has 1 fully saturated rings. The molecule has 0 bridgehead atoms. The smallest absolute Gasteiger partial charge is 0.314 e. The van der Waals surface area contributed by atoms with Gasteiger partial charge in [0.25, 0.3) is 0 Å². The molecule has 0 saturated heterocycles. The van der Waals surface area contributed by atoms with E-state index in [1.54, 1.807) is 0 Å². The maximum Gasteiger partial charge on any atom is 0.314 e. The highest BCUT2D eigenvalue weighted by atomic mass is 35.5. The van der Waals surface area contributed by atoms with Gasteiger partial charge in [0, 0.05) is 17.9 Å². The molecule has 0 aliphatic heterocycles. The Labute approximate surface area is 106 Å². The Morgan fingerprint density at radius 1 is 1.47 bits per heavy atom. The van der Waals surface area contributed by atoms with Crippen LogP contribution in [0.25, 0.3) is 0 Å². The molecule has 0 radical (unpaired) electrons. The average Bonchev–Trinajstić information content (AvgIpc) is 3.11. The summed E-state index contributed by atoms with van der Waals surface area (Å²) >= 11 is 5.54. The number of carbonyl (C=O) groups is 1. The van der Waals surface area contributed by atoms with Gasteiger partial charge in [-0.3, -0.25) is 4.79 Å². The first-order valence-corrected chi connectivity index (χ1v) is 6.11. The number of hydrogen-bond donors (Lipinski definition) is 1. The first-order valence-electron chi connectivity index (χ1n) is 5.58. The molecule has 0 aromatic heterocycles. The Morgan fingerprint density at radius 3 is 2.82 bits per heavy atom. The summed E-state index contributed by atoms with van der Waals surface area (Å²) in [7, 11) is 0. The highest BCUT2D eigenvalue weighted by Gasteiger charge is 2.51. The minimum Gasteiger partial charge on any atom is -0.481 e. The maximum absolute atomic E-state index is 11.2. The lowest BCUT2D eigenvalue weighted by molar-refractivity contribution is -0.140. The van der Waals surface area contributed by atoms with Crippen LogP contribution in [0.1, 0.15) is 30.4 Å². The second-order valence-electron chi connectivity index (χ2n) is 4.21. The third kappa shape index (κ3) is 2.45. The van der Waals surface area contributed by atoms with E-state index in [1.165, 1.54) is 0 Å². The molecule has 2 nitrogen and oxygen atoms in total. The predicted octanol–water partition coefficient (Wildman–Crippen LogP) is 2.78. The molecule has 88 valence electrons. The van der Waals surface area contributed by atoms with Gasteiger partial charge < -0.3 is 5.11 Å². The van der Waals surface area contributed by atoms with Gasteiger partial charge in [-0.15, -0.1) is 11.6 Å². The van der Waals surface area contributed by atoms with Crippen molar-refractivity contribution in [3.63, 3.8) is 0 Å². The fourth-order valence-electron chi connectivity index (χ4n) is 1.86. The highest BCUT2D eigenvalue weighted by Crippen LogP contribution is 2.48. The SMILES string of the molecule is O=C(O)C1(c2cccc(C#CCCCl)c2)CC1. The van der Waals surface area contributed by atoms with Crippen LogP contribution in [0, 0.1) is 11.8 Å². The molecule has 0 unspecified atom stereocenters. The van der Waals surface area contributed by atoms with Crippen molar-refractivity contribution in [3.8, 4) is 11.8 Å². The fourth-order valence-corrected chi connectivity index (χ4v) is 1.95. The monoisotopic (exact) mass is 248 g/mol. The van der Waals surface area contributed by atoms with Crippen LogP contribution in [0.15, 0.2) is 24.3 Å². The lowest BCUT2D eigenvalue weighted by atomic mass is 9.94. The van der Waals surface area contributed by atoms with Gasteiger partial charge in [0.1, 0.15) is 0 Å². The van der Waals surface area contributed by atoms with Crippen LogP contribution in [0.4, 0.5) is 0 Å². The lowest BCUT2D eigenvalue weighted by Crippen LogP contribution is -2.19. The van der Waals surface area contributed by atoms with Crippen LogP contribution in [0.5, 0.6) is 0 Å². The molecule has 17 heavy (non-hydrogen) atoms. The number of rotatable bonds is 3. The Balaban J connectivity index is 2.24. The number of alkyl halides is 1. The van der Waals surface area contributed by atoms with E-state index in [0.717, 1.165) is 24.0 Å². The summed E-state index contributed by atoms with van der Waals surface area (Å²) in [6, 6.07) is 7.50. The van der Waals surface area contributed by atoms with Crippen LogP contribution in [0.2, 0.25) is 0 Å². The van der Waals surface area contributed by atoms with Gasteiger partial charge in [0.2, 0.25) is 0 Å². The minimum atomic E-state index is -0.733. The van der Waals surface area contributed by atoms with Crippen LogP contribution in [-0.2, 0) is 10.2 Å². The van der Waals surface area contributed by atoms with Crippen molar-refractivity contribution in [1.82, 2.24) is 0 Å². The maximum atomic E-state index is 11.2. The van der Waals surface area contributed by atoms with E-state index >= 15 is 0 Å². The Bertz CT molecular complexity index is 492. The molecular weight excluding hydrogens is 236 g/mol. The van der Waals surface area contributed by atoms with Crippen LogP contribution in [-0.4, -0.2) is 17.0 Å². The van der Waals surface area contributed by atoms with E-state index < -0.39 is 11.4 Å². The van der Waals surface area contributed by atoms with E-state index in [0.29, 0.717) is 12.3 Å². The summed E-state index contributed by atoms with van der Waals surface area (Å²) in [6.07, 6.45) is 2.09. The van der Waals surface area contributed by atoms with E-state index in [-0.39, 0.29) is 0 Å². The average molecular weight is 249 g/mol. The van der Waals surface area contributed by atoms with Crippen LogP contribution < -0.4 is 0 Å². The topological polar surface area (TPSA) is 37.3 Å². The van der Waals surface area contributed by atoms with Crippen molar-refractivity contribution in [2.24, 2.45) is 0 Å². The molecule has 0 heterocycles. The van der Waals surface area contributed by atoms with Crippen molar-refractivity contribution in [1.29, 1.82) is 0 Å². The number of aliphatic carboxylic acids is 1. The standard InChI is InChI=1S/C14H13ClO2/c15-9-2-1-4-11-5-3-6-12(10-11)14(7-8-14)13(16)17/h3,5-6,10H,2,7-9H2,(H,16,17). The first kappa shape index (κ1) is 12.0. The molecule has 3 heteroatoms. The molecule has 1 aliphatic rings. The molecule has 0 atom stereocenters. The summed E-state index contributed by atoms with van der Waals surface area (Å²) in [6.45, 7) is 0. The molecule has 1 saturated carbocycles. The molecular formula is C14H13ClO2. The number of benzene rings is 1. The summed E-state index contributed by atoms with van der Waals surface area (Å²) < 4.78 is 0. The molecule has 2 rings (SSSR count). The zero-order chi connectivity index (χ0) is 12.3. The van der Waals surface area contributed by atoms with Crippen LogP contribution >= 0.6 is 11.6 Å². The second kappa shape index (κ2) is 4.81. The van der Waals surface area contributed by atoms with Crippen molar-refractivity contribution >= 4 is 17.6 Å². The largest absolute Gasteiger partial charge is 0.481 e. The van der Waals surface area contributed by atoms with Crippen molar-refractivity contribution in [2.75, 3.05) is 5.88 Å². The predicted molar refractivity (Wildman–Crippen MR) is 67.2 cm³/mol. The molecule has 1 aliphatic carbocycles. The van der Waals surface area contributed by atoms with Crippen molar-refractivity contribution < 1.29 is 9.90 Å². The van der Waals surface area contributed by atoms with Gasteiger partial charge in [-0.1, -0.05) is 24.0 Å². The molecule has 1 aromatic rings. The Kier molecular flexibility index (Phi) is 3.40. The number of halogens is 1. The number of hydrogen-bond acceptors (Lipinski definition) is 1. The molecule has 1 aromatic carbocycles. The van der Waals surface area contributed by atoms with Gasteiger partial charge in [0.05, 0.1) is 5.41 Å². The summed E-state index contributed by atoms with van der Waals surface area (Å²) in [5.41, 5.74) is 1.08.